The summed E-state index contributed by atoms with van der Waals surface area (Å²) in [5, 5.41) is 3.41. The summed E-state index contributed by atoms with van der Waals surface area (Å²) < 4.78 is 6.03. The molecule has 1 aliphatic heterocycles. The van der Waals surface area contributed by atoms with Crippen LogP contribution in [0, 0.1) is 6.92 Å². The van der Waals surface area contributed by atoms with Gasteiger partial charge in [-0.25, -0.2) is 0 Å². The van der Waals surface area contributed by atoms with Gasteiger partial charge in [0.1, 0.15) is 11.5 Å². The molecule has 0 saturated carbocycles. The average molecular weight is 293 g/mol. The van der Waals surface area contributed by atoms with Crippen LogP contribution in [0.4, 0.5) is 0 Å². The lowest BCUT2D eigenvalue weighted by molar-refractivity contribution is 0.123. The number of rotatable bonds is 7. The molecule has 1 aromatic rings. The zero-order chi connectivity index (χ0) is 15.2. The first kappa shape index (κ1) is 16.5. The Hall–Kier alpha value is -0.840. The van der Waals surface area contributed by atoms with Crippen molar-refractivity contribution in [1.82, 2.24) is 15.1 Å². The minimum atomic E-state index is 0.649. The molecule has 1 atom stereocenters. The molecule has 1 aromatic heterocycles. The van der Waals surface area contributed by atoms with E-state index in [2.05, 4.69) is 49.1 Å². The summed E-state index contributed by atoms with van der Waals surface area (Å²) in [5.41, 5.74) is 1.27. The second-order valence-electron chi connectivity index (χ2n) is 6.47. The molecule has 0 aliphatic carbocycles. The summed E-state index contributed by atoms with van der Waals surface area (Å²) >= 11 is 0. The molecule has 1 aliphatic rings. The van der Waals surface area contributed by atoms with Gasteiger partial charge in [0.2, 0.25) is 0 Å². The van der Waals surface area contributed by atoms with E-state index in [0.717, 1.165) is 37.6 Å². The molecule has 2 rings (SSSR count). The van der Waals surface area contributed by atoms with E-state index in [-0.39, 0.29) is 0 Å². The fraction of sp³-hybridized carbons (Fsp3) is 0.765. The lowest BCUT2D eigenvalue weighted by Crippen LogP contribution is -2.44. The Morgan fingerprint density at radius 2 is 2.29 bits per heavy atom. The molecule has 120 valence electrons. The van der Waals surface area contributed by atoms with Crippen LogP contribution < -0.4 is 5.32 Å². The lowest BCUT2D eigenvalue weighted by atomic mass is 10.1. The number of furan rings is 1. The van der Waals surface area contributed by atoms with Gasteiger partial charge in [0, 0.05) is 12.6 Å². The standard InChI is InChI=1S/C17H31N3O/c1-5-8-18-11-17-14(2)10-16(21-17)13-20(4)15-7-6-9-19(3)12-15/h10,15,18H,5-9,11-13H2,1-4H3. The van der Waals surface area contributed by atoms with E-state index in [4.69, 9.17) is 4.42 Å². The predicted octanol–water partition coefficient (Wildman–Crippen LogP) is 2.61. The van der Waals surface area contributed by atoms with Crippen LogP contribution in [0.1, 0.15) is 43.3 Å². The van der Waals surface area contributed by atoms with Crippen molar-refractivity contribution in [2.75, 3.05) is 33.7 Å². The van der Waals surface area contributed by atoms with Crippen LogP contribution in [0.25, 0.3) is 0 Å². The maximum Gasteiger partial charge on any atom is 0.120 e. The van der Waals surface area contributed by atoms with E-state index < -0.39 is 0 Å². The van der Waals surface area contributed by atoms with Crippen LogP contribution in [-0.4, -0.2) is 49.6 Å². The van der Waals surface area contributed by atoms with Gasteiger partial charge in [0.05, 0.1) is 13.1 Å². The van der Waals surface area contributed by atoms with Gasteiger partial charge in [-0.2, -0.15) is 0 Å². The van der Waals surface area contributed by atoms with Crippen LogP contribution in [0.5, 0.6) is 0 Å². The number of likely N-dealkylation sites (N-methyl/N-ethyl adjacent to an activating group) is 2. The molecule has 0 spiro atoms. The smallest absolute Gasteiger partial charge is 0.120 e. The van der Waals surface area contributed by atoms with Gasteiger partial charge in [-0.15, -0.1) is 0 Å². The highest BCUT2D eigenvalue weighted by molar-refractivity contribution is 5.20. The molecule has 4 heteroatoms. The maximum absolute atomic E-state index is 6.03. The lowest BCUT2D eigenvalue weighted by Gasteiger charge is -2.35. The molecule has 0 aromatic carbocycles. The van der Waals surface area contributed by atoms with Crippen molar-refractivity contribution in [3.8, 4) is 0 Å². The van der Waals surface area contributed by atoms with Gasteiger partial charge in [-0.1, -0.05) is 6.92 Å². The number of piperidine rings is 1. The molecular formula is C17H31N3O. The van der Waals surface area contributed by atoms with Crippen molar-refractivity contribution >= 4 is 0 Å². The Balaban J connectivity index is 1.88. The number of nitrogens with one attached hydrogen (secondary N) is 1. The summed E-state index contributed by atoms with van der Waals surface area (Å²) in [5.74, 6) is 2.18. The van der Waals surface area contributed by atoms with Gasteiger partial charge in [-0.3, -0.25) is 4.90 Å². The van der Waals surface area contributed by atoms with Crippen molar-refractivity contribution in [3.63, 3.8) is 0 Å². The molecule has 1 saturated heterocycles. The van der Waals surface area contributed by atoms with Crippen LogP contribution in [0.2, 0.25) is 0 Å². The predicted molar refractivity (Wildman–Crippen MR) is 87.4 cm³/mol. The number of likely N-dealkylation sites (tertiary alicyclic amines) is 1. The molecule has 1 N–H and O–H groups in total. The Labute approximate surface area is 129 Å². The van der Waals surface area contributed by atoms with Gasteiger partial charge in [0.25, 0.3) is 0 Å². The summed E-state index contributed by atoms with van der Waals surface area (Å²) in [6, 6.07) is 2.85. The van der Waals surface area contributed by atoms with Crippen LogP contribution in [-0.2, 0) is 13.1 Å². The fourth-order valence-electron chi connectivity index (χ4n) is 3.10. The van der Waals surface area contributed by atoms with Crippen molar-refractivity contribution in [1.29, 1.82) is 0 Å². The highest BCUT2D eigenvalue weighted by atomic mass is 16.3. The second-order valence-corrected chi connectivity index (χ2v) is 6.47. The Morgan fingerprint density at radius 3 is 3.00 bits per heavy atom. The normalized spacial score (nSPS) is 20.3. The summed E-state index contributed by atoms with van der Waals surface area (Å²) in [4.78, 5) is 4.87. The van der Waals surface area contributed by atoms with Crippen LogP contribution >= 0.6 is 0 Å². The van der Waals surface area contributed by atoms with Crippen molar-refractivity contribution in [2.45, 2.75) is 52.2 Å². The van der Waals surface area contributed by atoms with E-state index in [1.54, 1.807) is 0 Å². The maximum atomic E-state index is 6.03. The van der Waals surface area contributed by atoms with Crippen molar-refractivity contribution in [3.05, 3.63) is 23.2 Å². The summed E-state index contributed by atoms with van der Waals surface area (Å²) in [6.07, 6.45) is 3.75. The van der Waals surface area contributed by atoms with Crippen molar-refractivity contribution < 1.29 is 4.42 Å². The van der Waals surface area contributed by atoms with E-state index >= 15 is 0 Å². The Morgan fingerprint density at radius 1 is 1.48 bits per heavy atom. The topological polar surface area (TPSA) is 31.7 Å². The summed E-state index contributed by atoms with van der Waals surface area (Å²) in [6.45, 7) is 9.53. The minimum Gasteiger partial charge on any atom is -0.463 e. The average Bonchev–Trinajstić information content (AvgIpc) is 2.79. The molecule has 4 nitrogen and oxygen atoms in total. The van der Waals surface area contributed by atoms with Crippen LogP contribution in [0.15, 0.2) is 10.5 Å². The first-order chi connectivity index (χ1) is 10.1. The number of aryl methyl sites for hydroxylation is 1. The third-order valence-electron chi connectivity index (χ3n) is 4.41. The molecule has 2 heterocycles. The molecular weight excluding hydrogens is 262 g/mol. The number of hydrogen-bond donors (Lipinski definition) is 1. The second kappa shape index (κ2) is 7.97. The zero-order valence-electron chi connectivity index (χ0n) is 14.1. The molecule has 0 amide bonds. The minimum absolute atomic E-state index is 0.649. The quantitative estimate of drug-likeness (QED) is 0.783. The first-order valence-electron chi connectivity index (χ1n) is 8.27. The van der Waals surface area contributed by atoms with Gasteiger partial charge >= 0.3 is 0 Å². The highest BCUT2D eigenvalue weighted by Gasteiger charge is 2.22. The van der Waals surface area contributed by atoms with E-state index in [9.17, 15) is 0 Å². The van der Waals surface area contributed by atoms with E-state index in [1.165, 1.54) is 31.5 Å². The molecule has 0 radical (unpaired) electrons. The highest BCUT2D eigenvalue weighted by Crippen LogP contribution is 2.19. The van der Waals surface area contributed by atoms with E-state index in [1.807, 2.05) is 0 Å². The van der Waals surface area contributed by atoms with Gasteiger partial charge < -0.3 is 14.6 Å². The monoisotopic (exact) mass is 293 g/mol. The third-order valence-corrected chi connectivity index (χ3v) is 4.41. The fourth-order valence-corrected chi connectivity index (χ4v) is 3.10. The third kappa shape index (κ3) is 4.83. The molecule has 21 heavy (non-hydrogen) atoms. The molecule has 1 unspecified atom stereocenters. The van der Waals surface area contributed by atoms with Gasteiger partial charge in [0.15, 0.2) is 0 Å². The zero-order valence-corrected chi connectivity index (χ0v) is 14.1. The number of hydrogen-bond acceptors (Lipinski definition) is 4. The Bertz CT molecular complexity index is 430. The van der Waals surface area contributed by atoms with E-state index in [0.29, 0.717) is 6.04 Å². The molecule has 1 fully saturated rings. The van der Waals surface area contributed by atoms with Crippen molar-refractivity contribution in [2.24, 2.45) is 0 Å². The largest absolute Gasteiger partial charge is 0.463 e. The number of nitrogens with zero attached hydrogens (tertiary/aromatic N) is 2. The first-order valence-corrected chi connectivity index (χ1v) is 8.27. The Kier molecular flexibility index (Phi) is 6.27. The van der Waals surface area contributed by atoms with Crippen LogP contribution in [0.3, 0.4) is 0 Å². The summed E-state index contributed by atoms with van der Waals surface area (Å²) in [7, 11) is 4.44. The molecule has 0 bridgehead atoms. The SMILES string of the molecule is CCCNCc1oc(CN(C)C2CCCN(C)C2)cc1C. The van der Waals surface area contributed by atoms with Gasteiger partial charge in [-0.05, 0) is 65.0 Å².